The van der Waals surface area contributed by atoms with Gasteiger partial charge in [0.05, 0.1) is 5.69 Å². The van der Waals surface area contributed by atoms with Crippen molar-refractivity contribution in [2.75, 3.05) is 19.6 Å². The van der Waals surface area contributed by atoms with Gasteiger partial charge in [0, 0.05) is 49.4 Å². The van der Waals surface area contributed by atoms with Crippen molar-refractivity contribution in [3.05, 3.63) is 33.2 Å². The van der Waals surface area contributed by atoms with E-state index in [1.54, 1.807) is 10.5 Å². The monoisotopic (exact) mass is 278 g/mol. The predicted molar refractivity (Wildman–Crippen MR) is 76.8 cm³/mol. The zero-order chi connectivity index (χ0) is 13.4. The molecule has 19 heavy (non-hydrogen) atoms. The Morgan fingerprint density at radius 1 is 1.58 bits per heavy atom. The number of aromatic nitrogens is 2. The minimum absolute atomic E-state index is 0.0292. The molecule has 0 amide bonds. The first-order valence-corrected chi connectivity index (χ1v) is 7.44. The highest BCUT2D eigenvalue weighted by Crippen LogP contribution is 2.13. The molecule has 6 heteroatoms. The van der Waals surface area contributed by atoms with E-state index in [2.05, 4.69) is 22.1 Å². The summed E-state index contributed by atoms with van der Waals surface area (Å²) >= 11 is 1.53. The van der Waals surface area contributed by atoms with Crippen molar-refractivity contribution in [1.82, 2.24) is 19.6 Å². The van der Waals surface area contributed by atoms with E-state index in [0.29, 0.717) is 6.04 Å². The molecule has 2 aromatic heterocycles. The number of thiazole rings is 1. The van der Waals surface area contributed by atoms with Gasteiger partial charge in [-0.2, -0.15) is 0 Å². The first-order chi connectivity index (χ1) is 9.15. The van der Waals surface area contributed by atoms with E-state index in [0.717, 1.165) is 42.5 Å². The van der Waals surface area contributed by atoms with Gasteiger partial charge in [-0.15, -0.1) is 11.3 Å². The Kier molecular flexibility index (Phi) is 3.38. The number of hydrogen-bond acceptors (Lipinski definition) is 5. The maximum absolute atomic E-state index is 12.1. The molecular formula is C13H18N4OS. The summed E-state index contributed by atoms with van der Waals surface area (Å²) in [5.41, 5.74) is 1.86. The molecule has 1 saturated heterocycles. The molecule has 0 aromatic carbocycles. The van der Waals surface area contributed by atoms with Gasteiger partial charge in [-0.3, -0.25) is 14.1 Å². The zero-order valence-electron chi connectivity index (χ0n) is 11.2. The van der Waals surface area contributed by atoms with Gasteiger partial charge in [-0.05, 0) is 13.8 Å². The van der Waals surface area contributed by atoms with Gasteiger partial charge >= 0.3 is 0 Å². The minimum atomic E-state index is 0.0292. The van der Waals surface area contributed by atoms with E-state index in [4.69, 9.17) is 0 Å². The molecule has 2 aromatic rings. The highest BCUT2D eigenvalue weighted by molar-refractivity contribution is 7.15. The van der Waals surface area contributed by atoms with Crippen LogP contribution in [0.2, 0.25) is 0 Å². The number of fused-ring (bicyclic) bond motifs is 1. The predicted octanol–water partition coefficient (Wildman–Crippen LogP) is 0.858. The first-order valence-electron chi connectivity index (χ1n) is 6.56. The molecule has 3 heterocycles. The third-order valence-electron chi connectivity index (χ3n) is 3.63. The fourth-order valence-corrected chi connectivity index (χ4v) is 3.40. The van der Waals surface area contributed by atoms with Crippen LogP contribution in [0.3, 0.4) is 0 Å². The molecule has 1 atom stereocenters. The van der Waals surface area contributed by atoms with Crippen LogP contribution in [0.5, 0.6) is 0 Å². The van der Waals surface area contributed by atoms with Gasteiger partial charge in [-0.25, -0.2) is 4.98 Å². The van der Waals surface area contributed by atoms with Crippen LogP contribution in [0.15, 0.2) is 16.2 Å². The molecule has 0 unspecified atom stereocenters. The fraction of sp³-hybridized carbons (Fsp3) is 0.538. The Morgan fingerprint density at radius 2 is 2.42 bits per heavy atom. The molecule has 3 rings (SSSR count). The second-order valence-corrected chi connectivity index (χ2v) is 5.94. The van der Waals surface area contributed by atoms with Crippen LogP contribution in [-0.2, 0) is 6.54 Å². The van der Waals surface area contributed by atoms with Crippen molar-refractivity contribution in [2.24, 2.45) is 0 Å². The minimum Gasteiger partial charge on any atom is -0.314 e. The molecule has 0 saturated carbocycles. The molecule has 1 aliphatic rings. The van der Waals surface area contributed by atoms with Crippen molar-refractivity contribution in [1.29, 1.82) is 0 Å². The summed E-state index contributed by atoms with van der Waals surface area (Å²) < 4.78 is 1.68. The Morgan fingerprint density at radius 3 is 3.21 bits per heavy atom. The van der Waals surface area contributed by atoms with Crippen LogP contribution in [-0.4, -0.2) is 40.0 Å². The fourth-order valence-electron chi connectivity index (χ4n) is 2.51. The summed E-state index contributed by atoms with van der Waals surface area (Å²) in [6.45, 7) is 7.90. The Hall–Kier alpha value is -1.24. The number of piperazine rings is 1. The van der Waals surface area contributed by atoms with E-state index in [1.165, 1.54) is 11.3 Å². The van der Waals surface area contributed by atoms with E-state index in [-0.39, 0.29) is 5.56 Å². The van der Waals surface area contributed by atoms with Gasteiger partial charge in [0.1, 0.15) is 0 Å². The third-order valence-corrected chi connectivity index (χ3v) is 4.58. The van der Waals surface area contributed by atoms with Gasteiger partial charge in [-0.1, -0.05) is 0 Å². The van der Waals surface area contributed by atoms with Crippen LogP contribution in [0.25, 0.3) is 4.96 Å². The van der Waals surface area contributed by atoms with Crippen molar-refractivity contribution in [3.63, 3.8) is 0 Å². The van der Waals surface area contributed by atoms with Crippen LogP contribution in [0.1, 0.15) is 18.3 Å². The van der Waals surface area contributed by atoms with Gasteiger partial charge in [0.2, 0.25) is 0 Å². The Bertz CT molecular complexity index is 648. The molecule has 102 valence electrons. The average molecular weight is 278 g/mol. The third kappa shape index (κ3) is 2.43. The second kappa shape index (κ2) is 5.03. The number of nitrogens with zero attached hydrogens (tertiary/aromatic N) is 3. The zero-order valence-corrected chi connectivity index (χ0v) is 12.0. The maximum atomic E-state index is 12.1. The van der Waals surface area contributed by atoms with Crippen molar-refractivity contribution < 1.29 is 0 Å². The molecule has 1 fully saturated rings. The quantitative estimate of drug-likeness (QED) is 0.885. The van der Waals surface area contributed by atoms with Gasteiger partial charge in [0.25, 0.3) is 5.56 Å². The van der Waals surface area contributed by atoms with E-state index in [9.17, 15) is 4.79 Å². The van der Waals surface area contributed by atoms with E-state index in [1.807, 2.05) is 12.3 Å². The molecular weight excluding hydrogens is 260 g/mol. The summed E-state index contributed by atoms with van der Waals surface area (Å²) in [6, 6.07) is 2.15. The van der Waals surface area contributed by atoms with Crippen molar-refractivity contribution >= 4 is 16.3 Å². The number of aryl methyl sites for hydroxylation is 1. The van der Waals surface area contributed by atoms with Gasteiger partial charge < -0.3 is 5.32 Å². The van der Waals surface area contributed by atoms with E-state index < -0.39 is 0 Å². The maximum Gasteiger partial charge on any atom is 0.259 e. The lowest BCUT2D eigenvalue weighted by atomic mass is 10.2. The van der Waals surface area contributed by atoms with E-state index >= 15 is 0 Å². The molecule has 0 aliphatic carbocycles. The lowest BCUT2D eigenvalue weighted by Gasteiger charge is -2.33. The Balaban J connectivity index is 1.91. The molecule has 0 bridgehead atoms. The first kappa shape index (κ1) is 12.8. The van der Waals surface area contributed by atoms with Crippen LogP contribution < -0.4 is 10.9 Å². The molecule has 0 spiro atoms. The topological polar surface area (TPSA) is 49.6 Å². The average Bonchev–Trinajstić information content (AvgIpc) is 2.74. The number of nitrogens with one attached hydrogen (secondary N) is 1. The lowest BCUT2D eigenvalue weighted by molar-refractivity contribution is 0.164. The highest BCUT2D eigenvalue weighted by atomic mass is 32.1. The summed E-state index contributed by atoms with van der Waals surface area (Å²) in [7, 11) is 0. The molecule has 0 radical (unpaired) electrons. The van der Waals surface area contributed by atoms with Crippen LogP contribution >= 0.6 is 11.3 Å². The number of rotatable bonds is 2. The lowest BCUT2D eigenvalue weighted by Crippen LogP contribution is -2.49. The summed E-state index contributed by atoms with van der Waals surface area (Å²) in [5.74, 6) is 0. The number of hydrogen-bond donors (Lipinski definition) is 1. The van der Waals surface area contributed by atoms with Crippen molar-refractivity contribution in [2.45, 2.75) is 26.4 Å². The summed E-state index contributed by atoms with van der Waals surface area (Å²) in [4.78, 5) is 19.9. The van der Waals surface area contributed by atoms with Gasteiger partial charge in [0.15, 0.2) is 4.96 Å². The summed E-state index contributed by atoms with van der Waals surface area (Å²) in [5, 5.41) is 5.34. The standard InChI is InChI=1S/C13H18N4OS/c1-9-6-14-3-4-16(9)7-11-5-12(18)17-10(2)8-19-13(17)15-11/h5,8-9,14H,3-4,6-7H2,1-2H3/t9-/m0/s1. The molecule has 5 nitrogen and oxygen atoms in total. The Labute approximate surface area is 115 Å². The van der Waals surface area contributed by atoms with Crippen molar-refractivity contribution in [3.8, 4) is 0 Å². The molecule has 1 aliphatic heterocycles. The summed E-state index contributed by atoms with van der Waals surface area (Å²) in [6.07, 6.45) is 0. The normalized spacial score (nSPS) is 21.1. The largest absolute Gasteiger partial charge is 0.314 e. The van der Waals surface area contributed by atoms with Crippen LogP contribution in [0, 0.1) is 6.92 Å². The highest BCUT2D eigenvalue weighted by Gasteiger charge is 2.19. The van der Waals surface area contributed by atoms with Crippen LogP contribution in [0.4, 0.5) is 0 Å². The second-order valence-electron chi connectivity index (χ2n) is 5.10. The molecule has 1 N–H and O–H groups in total. The SMILES string of the molecule is Cc1csc2nc(CN3CCNC[C@@H]3C)cc(=O)n12. The smallest absolute Gasteiger partial charge is 0.259 e.